The molecule has 0 N–H and O–H groups in total. The molecule has 64 valence electrons. The van der Waals surface area contributed by atoms with Crippen LogP contribution in [0.3, 0.4) is 0 Å². The number of allylic oxidation sites excluding steroid dienone is 6. The Morgan fingerprint density at radius 3 is 2.00 bits per heavy atom. The third kappa shape index (κ3) is 12.4. The molecule has 0 aliphatic carbocycles. The van der Waals surface area contributed by atoms with Crippen molar-refractivity contribution in [2.45, 2.75) is 27.7 Å². The van der Waals surface area contributed by atoms with Crippen LogP contribution in [-0.2, 0) is 0 Å². The van der Waals surface area contributed by atoms with Crippen molar-refractivity contribution in [1.29, 1.82) is 0 Å². The molecule has 1 heteroatoms. The van der Waals surface area contributed by atoms with Crippen LogP contribution in [0.15, 0.2) is 36.2 Å². The highest BCUT2D eigenvalue weighted by Crippen LogP contribution is 1.97. The zero-order chi connectivity index (χ0) is 9.11. The van der Waals surface area contributed by atoms with Gasteiger partial charge in [0.2, 0.25) is 0 Å². The molecule has 0 aromatic rings. The molecular weight excluding hydrogens is 139 g/mol. The molecule has 0 aromatic carbocycles. The van der Waals surface area contributed by atoms with Gasteiger partial charge in [-0.1, -0.05) is 32.1 Å². The maximum absolute atomic E-state index is 12.3. The number of rotatable bonds is 2. The molecule has 11 heavy (non-hydrogen) atoms. The summed E-state index contributed by atoms with van der Waals surface area (Å²) in [7, 11) is 0. The van der Waals surface area contributed by atoms with Crippen molar-refractivity contribution < 1.29 is 4.39 Å². The Kier molecular flexibility index (Phi) is 13.8. The van der Waals surface area contributed by atoms with Gasteiger partial charge in [-0.3, -0.25) is 0 Å². The molecule has 0 unspecified atom stereocenters. The summed E-state index contributed by atoms with van der Waals surface area (Å²) < 4.78 is 12.3. The topological polar surface area (TPSA) is 0 Å². The zero-order valence-corrected chi connectivity index (χ0v) is 7.76. The van der Waals surface area contributed by atoms with E-state index < -0.39 is 0 Å². The van der Waals surface area contributed by atoms with E-state index in [4.69, 9.17) is 0 Å². The Morgan fingerprint density at radius 2 is 1.64 bits per heavy atom. The van der Waals surface area contributed by atoms with Gasteiger partial charge in [0.25, 0.3) is 0 Å². The minimum atomic E-state index is -0.212. The van der Waals surface area contributed by atoms with E-state index in [-0.39, 0.29) is 5.83 Å². The lowest BCUT2D eigenvalue weighted by atomic mass is 10.4. The molecular formula is C10H17F. The summed E-state index contributed by atoms with van der Waals surface area (Å²) in [4.78, 5) is 0. The molecule has 0 saturated carbocycles. The van der Waals surface area contributed by atoms with E-state index in [2.05, 4.69) is 0 Å². The third-order valence-electron chi connectivity index (χ3n) is 0.774. The monoisotopic (exact) mass is 156 g/mol. The van der Waals surface area contributed by atoms with Crippen molar-refractivity contribution in [1.82, 2.24) is 0 Å². The second-order valence-corrected chi connectivity index (χ2v) is 1.58. The first kappa shape index (κ1) is 12.8. The highest BCUT2D eigenvalue weighted by molar-refractivity contribution is 5.16. The van der Waals surface area contributed by atoms with E-state index >= 15 is 0 Å². The summed E-state index contributed by atoms with van der Waals surface area (Å²) in [6.45, 7) is 7.63. The van der Waals surface area contributed by atoms with Crippen LogP contribution in [0.1, 0.15) is 27.7 Å². The van der Waals surface area contributed by atoms with Gasteiger partial charge in [0.15, 0.2) is 0 Å². The quantitative estimate of drug-likeness (QED) is 0.530. The van der Waals surface area contributed by atoms with E-state index in [1.54, 1.807) is 25.2 Å². The summed E-state index contributed by atoms with van der Waals surface area (Å²) in [5.41, 5.74) is 0. The molecule has 0 aliphatic heterocycles. The fourth-order valence-corrected chi connectivity index (χ4v) is 0.403. The molecule has 0 rings (SSSR count). The maximum atomic E-state index is 12.3. The fraction of sp³-hybridized carbons (Fsp3) is 0.400. The van der Waals surface area contributed by atoms with E-state index in [9.17, 15) is 4.39 Å². The van der Waals surface area contributed by atoms with Gasteiger partial charge >= 0.3 is 0 Å². The normalized spacial score (nSPS) is 11.9. The number of halogens is 1. The van der Waals surface area contributed by atoms with Crippen LogP contribution in [-0.4, -0.2) is 0 Å². The van der Waals surface area contributed by atoms with E-state index in [1.165, 1.54) is 12.2 Å². The van der Waals surface area contributed by atoms with Crippen molar-refractivity contribution in [3.8, 4) is 0 Å². The van der Waals surface area contributed by atoms with Gasteiger partial charge < -0.3 is 0 Å². The second kappa shape index (κ2) is 11.9. The Morgan fingerprint density at radius 1 is 1.09 bits per heavy atom. The predicted octanol–water partition coefficient (Wildman–Crippen LogP) is 4.02. The van der Waals surface area contributed by atoms with E-state index in [1.807, 2.05) is 20.8 Å². The van der Waals surface area contributed by atoms with Crippen LogP contribution in [0, 0.1) is 0 Å². The minimum Gasteiger partial charge on any atom is -0.207 e. The Hall–Kier alpha value is -0.850. The lowest BCUT2D eigenvalue weighted by molar-refractivity contribution is 0.667. The molecule has 0 amide bonds. The van der Waals surface area contributed by atoms with Gasteiger partial charge in [-0.05, 0) is 26.0 Å². The minimum absolute atomic E-state index is 0.212. The number of hydrogen-bond donors (Lipinski definition) is 0. The lowest BCUT2D eigenvalue weighted by Gasteiger charge is -1.78. The highest BCUT2D eigenvalue weighted by Gasteiger charge is 1.78. The molecule has 0 fully saturated rings. The largest absolute Gasteiger partial charge is 0.207 e. The molecule has 0 atom stereocenters. The average Bonchev–Trinajstić information content (AvgIpc) is 2.05. The SMILES string of the molecule is CC.C\C=C/C=C(F)\C=C/C. The Labute approximate surface area is 69.1 Å². The second-order valence-electron chi connectivity index (χ2n) is 1.58. The zero-order valence-electron chi connectivity index (χ0n) is 7.76. The first-order valence-electron chi connectivity index (χ1n) is 3.92. The molecule has 0 radical (unpaired) electrons. The van der Waals surface area contributed by atoms with Crippen LogP contribution >= 0.6 is 0 Å². The Bertz CT molecular complexity index is 141. The first-order chi connectivity index (χ1) is 5.31. The van der Waals surface area contributed by atoms with Gasteiger partial charge in [0.05, 0.1) is 0 Å². The molecule has 0 aromatic heterocycles. The van der Waals surface area contributed by atoms with E-state index in [0.717, 1.165) is 0 Å². The van der Waals surface area contributed by atoms with Crippen LogP contribution in [0.25, 0.3) is 0 Å². The van der Waals surface area contributed by atoms with Crippen molar-refractivity contribution in [2.24, 2.45) is 0 Å². The standard InChI is InChI=1S/C8H11F.C2H6/c1-3-5-7-8(9)6-4-2;1-2/h3-7H,1-2H3;1-2H3/b5-3-,6-4-,8-7+;. The Balaban J connectivity index is 0. The number of hydrogen-bond acceptors (Lipinski definition) is 0. The summed E-state index contributed by atoms with van der Waals surface area (Å²) in [5.74, 6) is -0.212. The van der Waals surface area contributed by atoms with Gasteiger partial charge in [0, 0.05) is 0 Å². The molecule has 0 nitrogen and oxygen atoms in total. The van der Waals surface area contributed by atoms with Crippen molar-refractivity contribution in [3.05, 3.63) is 36.2 Å². The van der Waals surface area contributed by atoms with Crippen LogP contribution < -0.4 is 0 Å². The van der Waals surface area contributed by atoms with Gasteiger partial charge in [-0.25, -0.2) is 4.39 Å². The summed E-state index contributed by atoms with van der Waals surface area (Å²) in [6.07, 6.45) is 7.94. The molecule has 0 saturated heterocycles. The lowest BCUT2D eigenvalue weighted by Crippen LogP contribution is -1.60. The van der Waals surface area contributed by atoms with Crippen LogP contribution in [0.4, 0.5) is 4.39 Å². The van der Waals surface area contributed by atoms with Crippen molar-refractivity contribution in [2.75, 3.05) is 0 Å². The van der Waals surface area contributed by atoms with Crippen molar-refractivity contribution >= 4 is 0 Å². The van der Waals surface area contributed by atoms with Crippen LogP contribution in [0.2, 0.25) is 0 Å². The fourth-order valence-electron chi connectivity index (χ4n) is 0.403. The van der Waals surface area contributed by atoms with Crippen molar-refractivity contribution in [3.63, 3.8) is 0 Å². The smallest absolute Gasteiger partial charge is 0.122 e. The molecule has 0 bridgehead atoms. The van der Waals surface area contributed by atoms with Gasteiger partial charge in [-0.2, -0.15) is 0 Å². The van der Waals surface area contributed by atoms with E-state index in [0.29, 0.717) is 0 Å². The maximum Gasteiger partial charge on any atom is 0.122 e. The first-order valence-corrected chi connectivity index (χ1v) is 3.92. The average molecular weight is 156 g/mol. The van der Waals surface area contributed by atoms with Gasteiger partial charge in [0.1, 0.15) is 5.83 Å². The summed E-state index contributed by atoms with van der Waals surface area (Å²) in [6, 6.07) is 0. The molecule has 0 heterocycles. The summed E-state index contributed by atoms with van der Waals surface area (Å²) >= 11 is 0. The summed E-state index contributed by atoms with van der Waals surface area (Å²) in [5, 5.41) is 0. The highest BCUT2D eigenvalue weighted by atomic mass is 19.1. The molecule has 0 spiro atoms. The van der Waals surface area contributed by atoms with Gasteiger partial charge in [-0.15, -0.1) is 0 Å². The third-order valence-corrected chi connectivity index (χ3v) is 0.774. The van der Waals surface area contributed by atoms with Crippen LogP contribution in [0.5, 0.6) is 0 Å². The molecule has 0 aliphatic rings. The predicted molar refractivity (Wildman–Crippen MR) is 50.2 cm³/mol.